The third-order valence-electron chi connectivity index (χ3n) is 8.67. The highest BCUT2D eigenvalue weighted by Crippen LogP contribution is 2.38. The summed E-state index contributed by atoms with van der Waals surface area (Å²) in [7, 11) is 1.15. The maximum Gasteiger partial charge on any atom is 0.306 e. The largest absolute Gasteiger partial charge is 0.756 e. The van der Waals surface area contributed by atoms with Gasteiger partial charge in [0.25, 0.3) is 7.82 Å². The Hall–Kier alpha value is -1.77. The Morgan fingerprint density at radius 3 is 1.63 bits per heavy atom. The number of nitrogens with zero attached hydrogens (tertiary/aromatic N) is 1. The minimum absolute atomic E-state index is 0.0332. The number of phosphoric ester groups is 1. The van der Waals surface area contributed by atoms with E-state index < -0.39 is 32.5 Å². The van der Waals surface area contributed by atoms with Crippen molar-refractivity contribution in [2.45, 2.75) is 174 Å². The number of hydrogen-bond donors (Lipinski definition) is 0. The van der Waals surface area contributed by atoms with Gasteiger partial charge in [0.1, 0.15) is 19.8 Å². The molecule has 10 heteroatoms. The number of unbranched alkanes of at least 4 members (excludes halogenated alkanes) is 17. The van der Waals surface area contributed by atoms with Crippen molar-refractivity contribution in [3.05, 3.63) is 36.5 Å². The molecule has 1 unspecified atom stereocenters. The van der Waals surface area contributed by atoms with Crippen LogP contribution in [0.1, 0.15) is 168 Å². The van der Waals surface area contributed by atoms with E-state index in [-0.39, 0.29) is 26.1 Å². The minimum Gasteiger partial charge on any atom is -0.756 e. The average molecular weight is 756 g/mol. The van der Waals surface area contributed by atoms with Gasteiger partial charge in [0, 0.05) is 12.8 Å². The number of carbonyl (C=O) groups excluding carboxylic acids is 2. The molecule has 0 saturated carbocycles. The van der Waals surface area contributed by atoms with Crippen LogP contribution >= 0.6 is 7.82 Å². The van der Waals surface area contributed by atoms with E-state index in [0.717, 1.165) is 70.6 Å². The Morgan fingerprint density at radius 1 is 0.615 bits per heavy atom. The Kier molecular flexibility index (Phi) is 33.8. The molecular weight excluding hydrogens is 677 g/mol. The fraction of sp³-hybridized carbons (Fsp3) is 0.810. The van der Waals surface area contributed by atoms with E-state index in [1.165, 1.54) is 57.8 Å². The molecule has 0 aromatic heterocycles. The molecule has 0 N–H and O–H groups in total. The lowest BCUT2D eigenvalue weighted by atomic mass is 10.0. The first-order chi connectivity index (χ1) is 25.0. The van der Waals surface area contributed by atoms with Gasteiger partial charge in [-0.1, -0.05) is 147 Å². The average Bonchev–Trinajstić information content (AvgIpc) is 3.09. The molecule has 0 heterocycles. The van der Waals surface area contributed by atoms with Crippen LogP contribution < -0.4 is 4.89 Å². The summed E-state index contributed by atoms with van der Waals surface area (Å²) in [6, 6.07) is 0. The molecule has 0 fully saturated rings. The van der Waals surface area contributed by atoms with E-state index in [9.17, 15) is 19.0 Å². The Bertz CT molecular complexity index is 991. The van der Waals surface area contributed by atoms with E-state index in [1.54, 1.807) is 0 Å². The second-order valence-electron chi connectivity index (χ2n) is 15.0. The lowest BCUT2D eigenvalue weighted by Gasteiger charge is -2.28. The van der Waals surface area contributed by atoms with Crippen LogP contribution in [-0.4, -0.2) is 70.0 Å². The van der Waals surface area contributed by atoms with Crippen molar-refractivity contribution < 1.29 is 42.1 Å². The zero-order valence-corrected chi connectivity index (χ0v) is 34.9. The third kappa shape index (κ3) is 38.0. The summed E-state index contributed by atoms with van der Waals surface area (Å²) in [5, 5.41) is 0. The second kappa shape index (κ2) is 35.0. The highest BCUT2D eigenvalue weighted by atomic mass is 31.2. The van der Waals surface area contributed by atoms with Gasteiger partial charge in [-0.15, -0.1) is 0 Å². The molecule has 0 aliphatic rings. The summed E-state index contributed by atoms with van der Waals surface area (Å²) < 4.78 is 33.8. The van der Waals surface area contributed by atoms with Crippen molar-refractivity contribution in [3.8, 4) is 0 Å². The van der Waals surface area contributed by atoms with Crippen LogP contribution in [0.2, 0.25) is 0 Å². The van der Waals surface area contributed by atoms with Crippen molar-refractivity contribution >= 4 is 19.8 Å². The van der Waals surface area contributed by atoms with Crippen LogP contribution in [0.15, 0.2) is 36.5 Å². The molecule has 0 rings (SSSR count). The van der Waals surface area contributed by atoms with Gasteiger partial charge in [0.15, 0.2) is 6.10 Å². The molecule has 0 bridgehead atoms. The highest BCUT2D eigenvalue weighted by Gasteiger charge is 2.21. The second-order valence-corrected chi connectivity index (χ2v) is 16.4. The minimum atomic E-state index is -4.62. The quantitative estimate of drug-likeness (QED) is 0.0203. The highest BCUT2D eigenvalue weighted by molar-refractivity contribution is 7.45. The van der Waals surface area contributed by atoms with Gasteiger partial charge >= 0.3 is 11.9 Å². The molecule has 304 valence electrons. The zero-order valence-electron chi connectivity index (χ0n) is 34.0. The van der Waals surface area contributed by atoms with Crippen LogP contribution in [0.25, 0.3) is 0 Å². The predicted molar refractivity (Wildman–Crippen MR) is 213 cm³/mol. The molecule has 0 aromatic carbocycles. The first-order valence-corrected chi connectivity index (χ1v) is 22.2. The van der Waals surface area contributed by atoms with Gasteiger partial charge in [0.2, 0.25) is 0 Å². The van der Waals surface area contributed by atoms with Crippen LogP contribution in [0, 0.1) is 0 Å². The van der Waals surface area contributed by atoms with Crippen LogP contribution in [0.5, 0.6) is 0 Å². The molecule has 2 atom stereocenters. The van der Waals surface area contributed by atoms with Crippen LogP contribution in [0.4, 0.5) is 0 Å². The molecule has 0 spiro atoms. The Morgan fingerprint density at radius 2 is 1.10 bits per heavy atom. The molecule has 0 radical (unpaired) electrons. The molecule has 0 aliphatic heterocycles. The lowest BCUT2D eigenvalue weighted by molar-refractivity contribution is -0.870. The van der Waals surface area contributed by atoms with Crippen molar-refractivity contribution in [1.82, 2.24) is 0 Å². The SMILES string of the molecule is CC/C=C\C/C=C\C/C=C\CCCCCCCC(=O)OC[C@H](COP(=O)([O-])OCC[N+](C)(C)C)OC(=O)CCCCCCCCCCCCCCC. The van der Waals surface area contributed by atoms with E-state index in [1.807, 2.05) is 21.1 Å². The number of rotatable bonds is 37. The van der Waals surface area contributed by atoms with Crippen molar-refractivity contribution in [3.63, 3.8) is 0 Å². The molecule has 0 amide bonds. The number of likely N-dealkylation sites (N-methyl/N-ethyl adjacent to an activating group) is 1. The number of carbonyl (C=O) groups is 2. The summed E-state index contributed by atoms with van der Waals surface area (Å²) in [5.41, 5.74) is 0. The van der Waals surface area contributed by atoms with Crippen molar-refractivity contribution in [1.29, 1.82) is 0 Å². The van der Waals surface area contributed by atoms with Gasteiger partial charge in [-0.25, -0.2) is 0 Å². The summed E-state index contributed by atoms with van der Waals surface area (Å²) in [6.07, 6.45) is 37.4. The third-order valence-corrected chi connectivity index (χ3v) is 9.64. The van der Waals surface area contributed by atoms with E-state index in [2.05, 4.69) is 50.3 Å². The van der Waals surface area contributed by atoms with Gasteiger partial charge in [-0.2, -0.15) is 0 Å². The monoisotopic (exact) mass is 756 g/mol. The Balaban J connectivity index is 4.41. The number of quaternary nitrogens is 1. The standard InChI is InChI=1S/C42H78NO8P/c1-6-8-10-12-14-16-18-20-21-23-24-26-28-30-32-34-41(44)48-38-40(39-50-52(46,47)49-37-36-43(3,4)5)51-42(45)35-33-31-29-27-25-22-19-17-15-13-11-9-7-2/h8,10,14,16,20-21,40H,6-7,9,11-13,15,17-19,22-39H2,1-5H3/b10-8-,16-14-,21-20-/t40-/m1/s1. The zero-order chi connectivity index (χ0) is 38.6. The maximum absolute atomic E-state index is 12.6. The van der Waals surface area contributed by atoms with Crippen LogP contribution in [-0.2, 0) is 32.7 Å². The van der Waals surface area contributed by atoms with E-state index in [0.29, 0.717) is 23.9 Å². The molecule has 0 aromatic rings. The van der Waals surface area contributed by atoms with Crippen LogP contribution in [0.3, 0.4) is 0 Å². The van der Waals surface area contributed by atoms with Gasteiger partial charge in [0.05, 0.1) is 27.7 Å². The normalized spacial score (nSPS) is 14.0. The number of phosphoric acid groups is 1. The summed E-state index contributed by atoms with van der Waals surface area (Å²) in [5.74, 6) is -0.853. The van der Waals surface area contributed by atoms with Crippen molar-refractivity contribution in [2.24, 2.45) is 0 Å². The first-order valence-electron chi connectivity index (χ1n) is 20.7. The molecule has 9 nitrogen and oxygen atoms in total. The number of hydrogen-bond acceptors (Lipinski definition) is 8. The smallest absolute Gasteiger partial charge is 0.306 e. The van der Waals surface area contributed by atoms with E-state index >= 15 is 0 Å². The maximum atomic E-state index is 12.6. The van der Waals surface area contributed by atoms with E-state index in [4.69, 9.17) is 18.5 Å². The molecule has 52 heavy (non-hydrogen) atoms. The van der Waals surface area contributed by atoms with Gasteiger partial charge in [-0.3, -0.25) is 14.2 Å². The molecule has 0 aliphatic carbocycles. The molecular formula is C42H78NO8P. The number of allylic oxidation sites excluding steroid dienone is 6. The number of ether oxygens (including phenoxy) is 2. The van der Waals surface area contributed by atoms with Gasteiger partial charge in [-0.05, 0) is 44.9 Å². The van der Waals surface area contributed by atoms with Gasteiger partial charge < -0.3 is 27.9 Å². The predicted octanol–water partition coefficient (Wildman–Crippen LogP) is 10.7. The lowest BCUT2D eigenvalue weighted by Crippen LogP contribution is -2.37. The Labute approximate surface area is 319 Å². The van der Waals surface area contributed by atoms with Crippen molar-refractivity contribution in [2.75, 3.05) is 47.5 Å². The topological polar surface area (TPSA) is 111 Å². The fourth-order valence-corrected chi connectivity index (χ4v) is 6.16. The number of esters is 2. The summed E-state index contributed by atoms with van der Waals surface area (Å²) in [4.78, 5) is 37.4. The summed E-state index contributed by atoms with van der Waals surface area (Å²) in [6.45, 7) is 4.09. The molecule has 0 saturated heterocycles. The first kappa shape index (κ1) is 50.2. The summed E-state index contributed by atoms with van der Waals surface area (Å²) >= 11 is 0. The fourth-order valence-electron chi connectivity index (χ4n) is 5.43.